The third-order valence-electron chi connectivity index (χ3n) is 3.82. The normalized spacial score (nSPS) is 33.2. The molecule has 1 heterocycles. The molecule has 5 nitrogen and oxygen atoms in total. The van der Waals surface area contributed by atoms with E-state index < -0.39 is 0 Å². The van der Waals surface area contributed by atoms with Crippen LogP contribution in [0.15, 0.2) is 0 Å². The van der Waals surface area contributed by atoms with Gasteiger partial charge in [0.15, 0.2) is 0 Å². The molecule has 2 fully saturated rings. The number of carbonyl (C=O) groups is 2. The van der Waals surface area contributed by atoms with Crippen LogP contribution in [0.25, 0.3) is 0 Å². The van der Waals surface area contributed by atoms with Crippen LogP contribution in [-0.2, 0) is 9.59 Å². The van der Waals surface area contributed by atoms with Crippen molar-refractivity contribution >= 4 is 11.8 Å². The summed E-state index contributed by atoms with van der Waals surface area (Å²) in [6.45, 7) is 0.577. The van der Waals surface area contributed by atoms with E-state index in [1.54, 1.807) is 0 Å². The van der Waals surface area contributed by atoms with Crippen molar-refractivity contribution in [2.45, 2.75) is 38.1 Å². The molecule has 1 saturated heterocycles. The van der Waals surface area contributed by atoms with Gasteiger partial charge >= 0.3 is 0 Å². The van der Waals surface area contributed by atoms with Crippen LogP contribution in [0.1, 0.15) is 32.1 Å². The number of amides is 2. The Morgan fingerprint density at radius 3 is 2.82 bits per heavy atom. The Kier molecular flexibility index (Phi) is 3.99. The van der Waals surface area contributed by atoms with Gasteiger partial charge in [-0.15, -0.1) is 0 Å². The largest absolute Gasteiger partial charge is 0.396 e. The molecule has 0 aromatic heterocycles. The van der Waals surface area contributed by atoms with Gasteiger partial charge in [0.1, 0.15) is 0 Å². The molecule has 3 unspecified atom stereocenters. The Bertz CT molecular complexity index is 306. The number of nitrogens with one attached hydrogen (secondary N) is 2. The third-order valence-corrected chi connectivity index (χ3v) is 3.82. The van der Waals surface area contributed by atoms with E-state index in [0.717, 1.165) is 25.7 Å². The van der Waals surface area contributed by atoms with Crippen LogP contribution in [0, 0.1) is 11.8 Å². The molecular weight excluding hydrogens is 220 g/mol. The Morgan fingerprint density at radius 1 is 1.41 bits per heavy atom. The predicted molar refractivity (Wildman–Crippen MR) is 62.1 cm³/mol. The molecule has 0 radical (unpaired) electrons. The highest BCUT2D eigenvalue weighted by Gasteiger charge is 2.32. The van der Waals surface area contributed by atoms with E-state index in [4.69, 9.17) is 0 Å². The lowest BCUT2D eigenvalue weighted by Gasteiger charge is -2.31. The molecule has 96 valence electrons. The first-order valence-corrected chi connectivity index (χ1v) is 6.38. The number of hydrogen-bond acceptors (Lipinski definition) is 3. The first-order valence-electron chi connectivity index (χ1n) is 6.38. The van der Waals surface area contributed by atoms with Crippen molar-refractivity contribution in [3.05, 3.63) is 0 Å². The second-order valence-electron chi connectivity index (χ2n) is 5.05. The molecule has 3 atom stereocenters. The van der Waals surface area contributed by atoms with Gasteiger partial charge in [0, 0.05) is 31.5 Å². The summed E-state index contributed by atoms with van der Waals surface area (Å²) < 4.78 is 0. The molecule has 3 N–H and O–H groups in total. The van der Waals surface area contributed by atoms with Crippen LogP contribution >= 0.6 is 0 Å². The van der Waals surface area contributed by atoms with E-state index in [1.165, 1.54) is 0 Å². The van der Waals surface area contributed by atoms with Crippen LogP contribution in [0.5, 0.6) is 0 Å². The zero-order valence-electron chi connectivity index (χ0n) is 9.95. The monoisotopic (exact) mass is 240 g/mol. The SMILES string of the molecule is O=C1CC(C(=O)NC2CCCCC2CO)CN1. The lowest BCUT2D eigenvalue weighted by Crippen LogP contribution is -2.46. The average molecular weight is 240 g/mol. The summed E-state index contributed by atoms with van der Waals surface area (Å²) in [6.07, 6.45) is 4.43. The van der Waals surface area contributed by atoms with Crippen molar-refractivity contribution < 1.29 is 14.7 Å². The van der Waals surface area contributed by atoms with Crippen molar-refractivity contribution in [2.24, 2.45) is 11.8 Å². The topological polar surface area (TPSA) is 78.4 Å². The first-order chi connectivity index (χ1) is 8.20. The molecule has 2 rings (SSSR count). The number of aliphatic hydroxyl groups excluding tert-OH is 1. The van der Waals surface area contributed by atoms with Gasteiger partial charge in [-0.25, -0.2) is 0 Å². The van der Waals surface area contributed by atoms with Gasteiger partial charge in [0.25, 0.3) is 0 Å². The van der Waals surface area contributed by atoms with Gasteiger partial charge in [-0.3, -0.25) is 9.59 Å². The number of carbonyl (C=O) groups excluding carboxylic acids is 2. The van der Waals surface area contributed by atoms with E-state index in [1.807, 2.05) is 0 Å². The molecule has 1 saturated carbocycles. The maximum atomic E-state index is 11.9. The molecule has 17 heavy (non-hydrogen) atoms. The van der Waals surface area contributed by atoms with E-state index in [-0.39, 0.29) is 36.3 Å². The van der Waals surface area contributed by atoms with Crippen molar-refractivity contribution in [1.29, 1.82) is 0 Å². The van der Waals surface area contributed by atoms with E-state index in [0.29, 0.717) is 13.0 Å². The van der Waals surface area contributed by atoms with Gasteiger partial charge in [-0.1, -0.05) is 12.8 Å². The third kappa shape index (κ3) is 2.97. The molecule has 1 aliphatic heterocycles. The standard InChI is InChI=1S/C12H20N2O3/c15-7-8-3-1-2-4-10(8)14-12(17)9-5-11(16)13-6-9/h8-10,15H,1-7H2,(H,13,16)(H,14,17). The summed E-state index contributed by atoms with van der Waals surface area (Å²) in [6, 6.07) is 0.0805. The lowest BCUT2D eigenvalue weighted by molar-refractivity contribution is -0.127. The highest BCUT2D eigenvalue weighted by atomic mass is 16.3. The van der Waals surface area contributed by atoms with Gasteiger partial charge in [-0.2, -0.15) is 0 Å². The number of aliphatic hydroxyl groups is 1. The summed E-state index contributed by atoms with van der Waals surface area (Å²) in [7, 11) is 0. The molecular formula is C12H20N2O3. The molecule has 2 aliphatic rings. The summed E-state index contributed by atoms with van der Waals surface area (Å²) in [5.41, 5.74) is 0. The fourth-order valence-electron chi connectivity index (χ4n) is 2.71. The van der Waals surface area contributed by atoms with Gasteiger partial charge in [-0.05, 0) is 12.8 Å². The van der Waals surface area contributed by atoms with Crippen LogP contribution < -0.4 is 10.6 Å². The smallest absolute Gasteiger partial charge is 0.225 e. The van der Waals surface area contributed by atoms with Crippen molar-refractivity contribution in [3.8, 4) is 0 Å². The minimum absolute atomic E-state index is 0.0475. The molecule has 2 amide bonds. The zero-order chi connectivity index (χ0) is 12.3. The second-order valence-corrected chi connectivity index (χ2v) is 5.05. The Morgan fingerprint density at radius 2 is 2.18 bits per heavy atom. The molecule has 0 aromatic carbocycles. The molecule has 0 bridgehead atoms. The minimum atomic E-state index is -0.233. The highest BCUT2D eigenvalue weighted by Crippen LogP contribution is 2.24. The van der Waals surface area contributed by atoms with Gasteiger partial charge in [0.2, 0.25) is 11.8 Å². The summed E-state index contributed by atoms with van der Waals surface area (Å²) in [5, 5.41) is 14.9. The van der Waals surface area contributed by atoms with Gasteiger partial charge in [0.05, 0.1) is 5.92 Å². The average Bonchev–Trinajstić information content (AvgIpc) is 2.77. The molecule has 1 aliphatic carbocycles. The first kappa shape index (κ1) is 12.4. The fraction of sp³-hybridized carbons (Fsp3) is 0.833. The van der Waals surface area contributed by atoms with E-state index in [9.17, 15) is 14.7 Å². The van der Waals surface area contributed by atoms with Crippen LogP contribution in [0.4, 0.5) is 0 Å². The zero-order valence-corrected chi connectivity index (χ0v) is 9.95. The highest BCUT2D eigenvalue weighted by molar-refractivity contribution is 5.89. The van der Waals surface area contributed by atoms with E-state index >= 15 is 0 Å². The fourth-order valence-corrected chi connectivity index (χ4v) is 2.71. The van der Waals surface area contributed by atoms with Gasteiger partial charge < -0.3 is 15.7 Å². The van der Waals surface area contributed by atoms with Crippen molar-refractivity contribution in [3.63, 3.8) is 0 Å². The van der Waals surface area contributed by atoms with Crippen LogP contribution in [0.3, 0.4) is 0 Å². The van der Waals surface area contributed by atoms with Crippen LogP contribution in [-0.4, -0.2) is 36.1 Å². The van der Waals surface area contributed by atoms with Crippen molar-refractivity contribution in [2.75, 3.05) is 13.2 Å². The summed E-state index contributed by atoms with van der Waals surface area (Å²) in [5.74, 6) is -0.150. The Hall–Kier alpha value is -1.10. The number of rotatable bonds is 3. The predicted octanol–water partition coefficient (Wildman–Crippen LogP) is -0.210. The van der Waals surface area contributed by atoms with Crippen LogP contribution in [0.2, 0.25) is 0 Å². The minimum Gasteiger partial charge on any atom is -0.396 e. The van der Waals surface area contributed by atoms with Crippen molar-refractivity contribution in [1.82, 2.24) is 10.6 Å². The second kappa shape index (κ2) is 5.49. The Labute approximate surface area is 101 Å². The summed E-state index contributed by atoms with van der Waals surface area (Å²) >= 11 is 0. The molecule has 0 spiro atoms. The van der Waals surface area contributed by atoms with E-state index in [2.05, 4.69) is 10.6 Å². The molecule has 0 aromatic rings. The summed E-state index contributed by atoms with van der Waals surface area (Å²) in [4.78, 5) is 23.0. The Balaban J connectivity index is 1.86. The maximum absolute atomic E-state index is 11.9. The quantitative estimate of drug-likeness (QED) is 0.638. The lowest BCUT2D eigenvalue weighted by atomic mass is 9.84. The number of hydrogen-bond donors (Lipinski definition) is 3. The maximum Gasteiger partial charge on any atom is 0.225 e. The molecule has 5 heteroatoms.